The first-order valence-corrected chi connectivity index (χ1v) is 9.91. The Kier molecular flexibility index (Phi) is 4.89. The van der Waals surface area contributed by atoms with E-state index < -0.39 is 6.10 Å². The largest absolute Gasteiger partial charge is 0.382 e. The van der Waals surface area contributed by atoms with E-state index >= 15 is 0 Å². The Morgan fingerprint density at radius 2 is 2.00 bits per heavy atom. The van der Waals surface area contributed by atoms with Gasteiger partial charge < -0.3 is 14.6 Å². The van der Waals surface area contributed by atoms with Crippen LogP contribution in [-0.2, 0) is 21.0 Å². The Bertz CT molecular complexity index is 738. The number of oxime groups is 1. The molecule has 0 aromatic heterocycles. The van der Waals surface area contributed by atoms with E-state index in [1.54, 1.807) is 0 Å². The van der Waals surface area contributed by atoms with Gasteiger partial charge in [0.05, 0.1) is 5.71 Å². The molecule has 27 heavy (non-hydrogen) atoms. The van der Waals surface area contributed by atoms with Gasteiger partial charge in [-0.15, -0.1) is 0 Å². The van der Waals surface area contributed by atoms with Crippen LogP contribution < -0.4 is 0 Å². The lowest BCUT2D eigenvalue weighted by Crippen LogP contribution is -2.47. The quantitative estimate of drug-likeness (QED) is 0.819. The smallest absolute Gasteiger partial charge is 0.266 e. The van der Waals surface area contributed by atoms with Crippen molar-refractivity contribution in [2.45, 2.75) is 51.7 Å². The number of hydrogen-bond acceptors (Lipinski definition) is 4. The van der Waals surface area contributed by atoms with Gasteiger partial charge >= 0.3 is 0 Å². The molecule has 1 aromatic carbocycles. The summed E-state index contributed by atoms with van der Waals surface area (Å²) >= 11 is 0. The molecule has 6 nitrogen and oxygen atoms in total. The number of carbonyl (C=O) groups is 2. The van der Waals surface area contributed by atoms with Gasteiger partial charge in [0.1, 0.15) is 0 Å². The van der Waals surface area contributed by atoms with Crippen LogP contribution in [0.15, 0.2) is 35.5 Å². The highest BCUT2D eigenvalue weighted by Crippen LogP contribution is 2.41. The Morgan fingerprint density at radius 3 is 2.67 bits per heavy atom. The Labute approximate surface area is 160 Å². The normalized spacial score (nSPS) is 24.3. The summed E-state index contributed by atoms with van der Waals surface area (Å²) in [6.07, 6.45) is 3.35. The second-order valence-electron chi connectivity index (χ2n) is 8.05. The molecule has 1 aromatic rings. The summed E-state index contributed by atoms with van der Waals surface area (Å²) in [4.78, 5) is 34.4. The number of piperidine rings is 1. The standard InChI is InChI=1S/C21H27N3O3/c1-2-17-12-18(27-22-17)20(26)23-10-8-21(9-11-23)13-19(25)24(15-21)14-16-6-4-3-5-7-16/h3-7,18H,2,8-15H2,1H3/t18-/m0/s1. The van der Waals surface area contributed by atoms with E-state index in [9.17, 15) is 9.59 Å². The fraction of sp³-hybridized carbons (Fsp3) is 0.571. The molecule has 0 bridgehead atoms. The van der Waals surface area contributed by atoms with Crippen LogP contribution in [0.4, 0.5) is 0 Å². The SMILES string of the molecule is CCC1=NO[C@H](C(=O)N2CCC3(CC2)CC(=O)N(Cc2ccccc2)C3)C1. The zero-order valence-electron chi connectivity index (χ0n) is 15.9. The van der Waals surface area contributed by atoms with Crippen molar-refractivity contribution in [3.63, 3.8) is 0 Å². The van der Waals surface area contributed by atoms with Crippen LogP contribution in [0.3, 0.4) is 0 Å². The van der Waals surface area contributed by atoms with Gasteiger partial charge in [-0.2, -0.15) is 0 Å². The topological polar surface area (TPSA) is 62.2 Å². The minimum absolute atomic E-state index is 0.0181. The zero-order chi connectivity index (χ0) is 18.9. The maximum absolute atomic E-state index is 12.7. The molecule has 0 N–H and O–H groups in total. The Hall–Kier alpha value is -2.37. The molecular weight excluding hydrogens is 342 g/mol. The highest BCUT2D eigenvalue weighted by atomic mass is 16.6. The number of hydrogen-bond donors (Lipinski definition) is 0. The fourth-order valence-electron chi connectivity index (χ4n) is 4.44. The van der Waals surface area contributed by atoms with Crippen molar-refractivity contribution in [1.82, 2.24) is 9.80 Å². The summed E-state index contributed by atoms with van der Waals surface area (Å²) in [6, 6.07) is 10.1. The third-order valence-corrected chi connectivity index (χ3v) is 6.17. The molecule has 0 radical (unpaired) electrons. The van der Waals surface area contributed by atoms with Crippen molar-refractivity contribution in [3.05, 3.63) is 35.9 Å². The molecule has 2 amide bonds. The van der Waals surface area contributed by atoms with Gasteiger partial charge in [0.2, 0.25) is 12.0 Å². The van der Waals surface area contributed by atoms with Crippen molar-refractivity contribution < 1.29 is 14.4 Å². The maximum atomic E-state index is 12.7. The summed E-state index contributed by atoms with van der Waals surface area (Å²) in [7, 11) is 0. The van der Waals surface area contributed by atoms with E-state index in [1.165, 1.54) is 5.56 Å². The molecule has 2 saturated heterocycles. The fourth-order valence-corrected chi connectivity index (χ4v) is 4.44. The lowest BCUT2D eigenvalue weighted by molar-refractivity contribution is -0.144. The van der Waals surface area contributed by atoms with Gasteiger partial charge in [0, 0.05) is 44.4 Å². The van der Waals surface area contributed by atoms with Gasteiger partial charge in [0.15, 0.2) is 0 Å². The van der Waals surface area contributed by atoms with E-state index in [4.69, 9.17) is 4.84 Å². The van der Waals surface area contributed by atoms with Crippen molar-refractivity contribution in [2.75, 3.05) is 19.6 Å². The van der Waals surface area contributed by atoms with Crippen molar-refractivity contribution >= 4 is 17.5 Å². The monoisotopic (exact) mass is 369 g/mol. The van der Waals surface area contributed by atoms with E-state index in [-0.39, 0.29) is 17.2 Å². The zero-order valence-corrected chi connectivity index (χ0v) is 15.9. The molecular formula is C21H27N3O3. The molecule has 4 rings (SSSR count). The Morgan fingerprint density at radius 1 is 1.26 bits per heavy atom. The summed E-state index contributed by atoms with van der Waals surface area (Å²) in [5.41, 5.74) is 2.14. The first-order valence-electron chi connectivity index (χ1n) is 9.91. The van der Waals surface area contributed by atoms with E-state index in [0.29, 0.717) is 32.5 Å². The number of benzene rings is 1. The van der Waals surface area contributed by atoms with Gasteiger partial charge in [-0.3, -0.25) is 9.59 Å². The number of likely N-dealkylation sites (tertiary alicyclic amines) is 2. The van der Waals surface area contributed by atoms with E-state index in [1.807, 2.05) is 34.9 Å². The van der Waals surface area contributed by atoms with Gasteiger partial charge in [-0.1, -0.05) is 42.4 Å². The highest BCUT2D eigenvalue weighted by Gasteiger charge is 2.46. The molecule has 0 unspecified atom stereocenters. The molecule has 3 heterocycles. The molecule has 1 spiro atoms. The van der Waals surface area contributed by atoms with E-state index in [2.05, 4.69) is 17.3 Å². The van der Waals surface area contributed by atoms with Crippen LogP contribution in [0.25, 0.3) is 0 Å². The average Bonchev–Trinajstić information content (AvgIpc) is 3.28. The minimum atomic E-state index is -0.450. The van der Waals surface area contributed by atoms with Crippen LogP contribution in [-0.4, -0.2) is 53.1 Å². The lowest BCUT2D eigenvalue weighted by atomic mass is 9.77. The lowest BCUT2D eigenvalue weighted by Gasteiger charge is -2.39. The van der Waals surface area contributed by atoms with Crippen molar-refractivity contribution in [1.29, 1.82) is 0 Å². The predicted octanol–water partition coefficient (Wildman–Crippen LogP) is 2.58. The molecule has 0 saturated carbocycles. The van der Waals surface area contributed by atoms with Crippen molar-refractivity contribution in [2.24, 2.45) is 10.6 Å². The molecule has 3 aliphatic heterocycles. The molecule has 144 valence electrons. The minimum Gasteiger partial charge on any atom is -0.382 e. The molecule has 0 aliphatic carbocycles. The summed E-state index contributed by atoms with van der Waals surface area (Å²) in [5.74, 6) is 0.279. The van der Waals surface area contributed by atoms with Gasteiger partial charge in [-0.05, 0) is 24.8 Å². The van der Waals surface area contributed by atoms with Gasteiger partial charge in [-0.25, -0.2) is 0 Å². The number of nitrogens with zero attached hydrogens (tertiary/aromatic N) is 3. The molecule has 3 aliphatic rings. The molecule has 1 atom stereocenters. The summed E-state index contributed by atoms with van der Waals surface area (Å²) in [6.45, 7) is 4.90. The van der Waals surface area contributed by atoms with Crippen LogP contribution in [0.5, 0.6) is 0 Å². The number of carbonyl (C=O) groups excluding carboxylic acids is 2. The summed E-state index contributed by atoms with van der Waals surface area (Å²) in [5, 5.41) is 4.00. The molecule has 2 fully saturated rings. The predicted molar refractivity (Wildman–Crippen MR) is 102 cm³/mol. The first kappa shape index (κ1) is 18.0. The number of rotatable bonds is 4. The van der Waals surface area contributed by atoms with Crippen LogP contribution in [0.1, 0.15) is 44.6 Å². The van der Waals surface area contributed by atoms with Crippen LogP contribution in [0, 0.1) is 5.41 Å². The van der Waals surface area contributed by atoms with Gasteiger partial charge in [0.25, 0.3) is 5.91 Å². The second kappa shape index (κ2) is 7.33. The van der Waals surface area contributed by atoms with E-state index in [0.717, 1.165) is 31.5 Å². The third kappa shape index (κ3) is 3.70. The molecule has 6 heteroatoms. The second-order valence-corrected chi connectivity index (χ2v) is 8.05. The van der Waals surface area contributed by atoms with Crippen LogP contribution in [0.2, 0.25) is 0 Å². The van der Waals surface area contributed by atoms with Crippen molar-refractivity contribution in [3.8, 4) is 0 Å². The maximum Gasteiger partial charge on any atom is 0.266 e. The average molecular weight is 369 g/mol. The first-order chi connectivity index (χ1) is 13.1. The number of amides is 2. The highest BCUT2D eigenvalue weighted by molar-refractivity contribution is 5.92. The van der Waals surface area contributed by atoms with Crippen LogP contribution >= 0.6 is 0 Å². The summed E-state index contributed by atoms with van der Waals surface area (Å²) < 4.78 is 0. The third-order valence-electron chi connectivity index (χ3n) is 6.17. The Balaban J connectivity index is 1.32.